The van der Waals surface area contributed by atoms with Crippen LogP contribution in [0.1, 0.15) is 66.2 Å². The number of aromatic nitrogens is 2. The van der Waals surface area contributed by atoms with Crippen molar-refractivity contribution < 1.29 is 19.4 Å². The lowest BCUT2D eigenvalue weighted by Gasteiger charge is -2.44. The molecule has 2 aliphatic carbocycles. The number of hydrogen-bond donors (Lipinski definition) is 2. The van der Waals surface area contributed by atoms with Gasteiger partial charge < -0.3 is 15.2 Å². The van der Waals surface area contributed by atoms with Crippen LogP contribution in [0.15, 0.2) is 35.5 Å². The molecule has 7 nitrogen and oxygen atoms in total. The fourth-order valence-electron chi connectivity index (χ4n) is 5.05. The molecular formula is C24H31N3O4S. The van der Waals surface area contributed by atoms with Crippen molar-refractivity contribution in [2.45, 2.75) is 62.6 Å². The number of carbonyl (C=O) groups is 2. The van der Waals surface area contributed by atoms with Crippen LogP contribution in [-0.4, -0.2) is 51.8 Å². The summed E-state index contributed by atoms with van der Waals surface area (Å²) in [6.45, 7) is 2.10. The molecule has 1 heterocycles. The predicted molar refractivity (Wildman–Crippen MR) is 123 cm³/mol. The van der Waals surface area contributed by atoms with Gasteiger partial charge in [0.15, 0.2) is 0 Å². The smallest absolute Gasteiger partial charge is 0.337 e. The van der Waals surface area contributed by atoms with E-state index in [0.717, 1.165) is 48.6 Å². The zero-order valence-electron chi connectivity index (χ0n) is 18.6. The van der Waals surface area contributed by atoms with Gasteiger partial charge in [-0.2, -0.15) is 5.10 Å². The van der Waals surface area contributed by atoms with Crippen LogP contribution in [0.2, 0.25) is 0 Å². The second kappa shape index (κ2) is 10.1. The molecule has 2 N–H and O–H groups in total. The number of aliphatic hydroxyl groups is 1. The van der Waals surface area contributed by atoms with Gasteiger partial charge in [-0.3, -0.25) is 4.79 Å². The number of aliphatic hydroxyl groups excluding tert-OH is 1. The number of ether oxygens (including phenoxy) is 1. The molecule has 0 aliphatic heterocycles. The average Bonchev–Trinajstić information content (AvgIpc) is 3.21. The Hall–Kier alpha value is -2.32. The SMILES string of the molecule is CCCSc1c(C(=O)NC2[C@@H]3CCC[C@H]2CC(O)C3)cnn1-c1ccc(C(=O)OC)cc1. The van der Waals surface area contributed by atoms with E-state index < -0.39 is 0 Å². The molecular weight excluding hydrogens is 426 g/mol. The fourth-order valence-corrected chi connectivity index (χ4v) is 6.02. The van der Waals surface area contributed by atoms with Gasteiger partial charge in [0, 0.05) is 6.04 Å². The van der Waals surface area contributed by atoms with Crippen molar-refractivity contribution in [3.63, 3.8) is 0 Å². The summed E-state index contributed by atoms with van der Waals surface area (Å²) >= 11 is 1.61. The highest BCUT2D eigenvalue weighted by Gasteiger charge is 2.40. The Balaban J connectivity index is 1.58. The summed E-state index contributed by atoms with van der Waals surface area (Å²) in [5.74, 6) is 1.07. The van der Waals surface area contributed by atoms with E-state index in [1.807, 2.05) is 12.1 Å². The topological polar surface area (TPSA) is 93.5 Å². The highest BCUT2D eigenvalue weighted by molar-refractivity contribution is 7.99. The first-order valence-corrected chi connectivity index (χ1v) is 12.4. The number of nitrogens with zero attached hydrogens (tertiary/aromatic N) is 2. The summed E-state index contributed by atoms with van der Waals surface area (Å²) in [6, 6.07) is 7.14. The first kappa shape index (κ1) is 22.9. The van der Waals surface area contributed by atoms with Crippen LogP contribution in [0.25, 0.3) is 5.69 Å². The van der Waals surface area contributed by atoms with Crippen molar-refractivity contribution in [3.05, 3.63) is 41.6 Å². The standard InChI is InChI=1S/C24H31N3O4S/c1-3-11-32-23-20(14-25-27(23)18-9-7-15(8-10-18)24(30)31-2)22(29)26-21-16-5-4-6-17(21)13-19(28)12-16/h7-10,14,16-17,19,21,28H,3-6,11-13H2,1-2H3,(H,26,29)/t16-,17+,19?,21?. The molecule has 2 unspecified atom stereocenters. The lowest BCUT2D eigenvalue weighted by Crippen LogP contribution is -2.52. The van der Waals surface area contributed by atoms with Gasteiger partial charge in [0.1, 0.15) is 5.03 Å². The van der Waals surface area contributed by atoms with E-state index >= 15 is 0 Å². The minimum absolute atomic E-state index is 0.0978. The van der Waals surface area contributed by atoms with Gasteiger partial charge in [-0.15, -0.1) is 11.8 Å². The maximum absolute atomic E-state index is 13.3. The Bertz CT molecular complexity index is 945. The van der Waals surface area contributed by atoms with Crippen LogP contribution in [-0.2, 0) is 4.74 Å². The van der Waals surface area contributed by atoms with Crippen LogP contribution < -0.4 is 5.32 Å². The molecule has 8 heteroatoms. The van der Waals surface area contributed by atoms with Gasteiger partial charge in [0.05, 0.1) is 36.2 Å². The quantitative estimate of drug-likeness (QED) is 0.485. The van der Waals surface area contributed by atoms with Gasteiger partial charge in [-0.25, -0.2) is 9.48 Å². The van der Waals surface area contributed by atoms with Crippen LogP contribution in [0.3, 0.4) is 0 Å². The van der Waals surface area contributed by atoms with E-state index in [1.54, 1.807) is 34.8 Å². The Morgan fingerprint density at radius 1 is 1.22 bits per heavy atom. The average molecular weight is 458 g/mol. The zero-order chi connectivity index (χ0) is 22.7. The molecule has 1 aromatic heterocycles. The molecule has 4 atom stereocenters. The number of esters is 1. The Labute approximate surface area is 192 Å². The first-order valence-electron chi connectivity index (χ1n) is 11.4. The third-order valence-corrected chi connectivity index (χ3v) is 7.84. The number of nitrogens with one attached hydrogen (secondary N) is 1. The van der Waals surface area contributed by atoms with Crippen LogP contribution in [0, 0.1) is 11.8 Å². The van der Waals surface area contributed by atoms with Crippen LogP contribution in [0.5, 0.6) is 0 Å². The maximum atomic E-state index is 13.3. The highest BCUT2D eigenvalue weighted by Crippen LogP contribution is 2.40. The number of benzene rings is 1. The number of amides is 1. The molecule has 172 valence electrons. The Morgan fingerprint density at radius 2 is 1.91 bits per heavy atom. The number of methoxy groups -OCH3 is 1. The Morgan fingerprint density at radius 3 is 2.53 bits per heavy atom. The molecule has 0 radical (unpaired) electrons. The molecule has 0 spiro atoms. The summed E-state index contributed by atoms with van der Waals surface area (Å²) in [6.07, 6.45) is 7.19. The van der Waals surface area contributed by atoms with E-state index in [0.29, 0.717) is 23.0 Å². The van der Waals surface area contributed by atoms with E-state index in [1.165, 1.54) is 13.5 Å². The predicted octanol–water partition coefficient (Wildman–Crippen LogP) is 3.83. The van der Waals surface area contributed by atoms with Gasteiger partial charge >= 0.3 is 5.97 Å². The molecule has 1 aromatic carbocycles. The Kier molecular flexibility index (Phi) is 7.20. The fraction of sp³-hybridized carbons (Fsp3) is 0.542. The van der Waals surface area contributed by atoms with Crippen molar-refractivity contribution in [2.24, 2.45) is 11.8 Å². The van der Waals surface area contributed by atoms with Crippen LogP contribution in [0.4, 0.5) is 0 Å². The van der Waals surface area contributed by atoms with E-state index in [9.17, 15) is 14.7 Å². The molecule has 2 fully saturated rings. The molecule has 2 bridgehead atoms. The van der Waals surface area contributed by atoms with Crippen molar-refractivity contribution in [1.29, 1.82) is 0 Å². The van der Waals surface area contributed by atoms with Crippen molar-refractivity contribution in [2.75, 3.05) is 12.9 Å². The number of carbonyl (C=O) groups excluding carboxylic acids is 2. The van der Waals surface area contributed by atoms with E-state index in [4.69, 9.17) is 4.74 Å². The van der Waals surface area contributed by atoms with Crippen molar-refractivity contribution in [3.8, 4) is 5.69 Å². The second-order valence-corrected chi connectivity index (χ2v) is 9.82. The minimum atomic E-state index is -0.388. The van der Waals surface area contributed by atoms with Gasteiger partial charge in [-0.05, 0) is 74.0 Å². The molecule has 0 saturated heterocycles. The van der Waals surface area contributed by atoms with Gasteiger partial charge in [0.2, 0.25) is 0 Å². The normalized spacial score (nSPS) is 24.7. The van der Waals surface area contributed by atoms with Crippen molar-refractivity contribution >= 4 is 23.6 Å². The lowest BCUT2D eigenvalue weighted by atomic mass is 9.67. The lowest BCUT2D eigenvalue weighted by molar-refractivity contribution is 0.0172. The largest absolute Gasteiger partial charge is 0.465 e. The van der Waals surface area contributed by atoms with Crippen molar-refractivity contribution in [1.82, 2.24) is 15.1 Å². The third-order valence-electron chi connectivity index (χ3n) is 6.56. The number of rotatable bonds is 7. The highest BCUT2D eigenvalue weighted by atomic mass is 32.2. The van der Waals surface area contributed by atoms with Crippen LogP contribution >= 0.6 is 11.8 Å². The summed E-state index contributed by atoms with van der Waals surface area (Å²) in [5.41, 5.74) is 1.83. The number of thioether (sulfide) groups is 1. The minimum Gasteiger partial charge on any atom is -0.465 e. The van der Waals surface area contributed by atoms with Gasteiger partial charge in [0.25, 0.3) is 5.91 Å². The van der Waals surface area contributed by atoms with E-state index in [-0.39, 0.29) is 24.0 Å². The summed E-state index contributed by atoms with van der Waals surface area (Å²) in [7, 11) is 1.36. The molecule has 2 aliphatic rings. The number of hydrogen-bond acceptors (Lipinski definition) is 6. The molecule has 2 aromatic rings. The summed E-state index contributed by atoms with van der Waals surface area (Å²) in [5, 5.41) is 18.8. The zero-order valence-corrected chi connectivity index (χ0v) is 19.4. The maximum Gasteiger partial charge on any atom is 0.337 e. The molecule has 32 heavy (non-hydrogen) atoms. The second-order valence-electron chi connectivity index (χ2n) is 8.74. The molecule has 4 rings (SSSR count). The summed E-state index contributed by atoms with van der Waals surface area (Å²) < 4.78 is 6.54. The summed E-state index contributed by atoms with van der Waals surface area (Å²) in [4.78, 5) is 25.1. The molecule has 2 saturated carbocycles. The molecule has 1 amide bonds. The third kappa shape index (κ3) is 4.71. The van der Waals surface area contributed by atoms with E-state index in [2.05, 4.69) is 17.3 Å². The van der Waals surface area contributed by atoms with Gasteiger partial charge in [-0.1, -0.05) is 13.3 Å². The first-order chi connectivity index (χ1) is 15.5. The number of fused-ring (bicyclic) bond motifs is 2. The monoisotopic (exact) mass is 457 g/mol.